The van der Waals surface area contributed by atoms with Crippen molar-refractivity contribution in [2.75, 3.05) is 26.2 Å². The third kappa shape index (κ3) is 6.16. The molecule has 8 heteroatoms. The first kappa shape index (κ1) is 22.8. The average Bonchev–Trinajstić information content (AvgIpc) is 2.62. The summed E-state index contributed by atoms with van der Waals surface area (Å²) in [6.07, 6.45) is 5.15. The maximum absolute atomic E-state index is 12.0. The van der Waals surface area contributed by atoms with Crippen molar-refractivity contribution in [1.82, 2.24) is 15.6 Å². The summed E-state index contributed by atoms with van der Waals surface area (Å²) >= 11 is 6.15. The van der Waals surface area contributed by atoms with Gasteiger partial charge in [-0.1, -0.05) is 11.6 Å². The van der Waals surface area contributed by atoms with Gasteiger partial charge in [-0.2, -0.15) is 0 Å². The van der Waals surface area contributed by atoms with Gasteiger partial charge in [0.1, 0.15) is 11.3 Å². The van der Waals surface area contributed by atoms with Crippen LogP contribution < -0.4 is 15.4 Å². The molecule has 1 saturated heterocycles. The molecule has 0 aliphatic carbocycles. The van der Waals surface area contributed by atoms with E-state index in [0.717, 1.165) is 24.9 Å². The summed E-state index contributed by atoms with van der Waals surface area (Å²) in [7, 11) is 0. The molecule has 1 aliphatic rings. The summed E-state index contributed by atoms with van der Waals surface area (Å²) in [4.78, 5) is 16.3. The molecule has 2 N–H and O–H groups in total. The quantitative estimate of drug-likeness (QED) is 0.749. The van der Waals surface area contributed by atoms with Gasteiger partial charge in [0.15, 0.2) is 6.61 Å². The van der Waals surface area contributed by atoms with E-state index in [1.807, 2.05) is 12.1 Å². The predicted octanol–water partition coefficient (Wildman–Crippen LogP) is 3.62. The molecule has 0 bridgehead atoms. The number of pyridine rings is 1. The Labute approximate surface area is 171 Å². The molecule has 2 heterocycles. The lowest BCUT2D eigenvalue weighted by atomic mass is 9.96. The minimum Gasteiger partial charge on any atom is -0.481 e. The van der Waals surface area contributed by atoms with E-state index in [9.17, 15) is 4.79 Å². The Morgan fingerprint density at radius 1 is 1.35 bits per heavy atom. The smallest absolute Gasteiger partial charge is 0.257 e. The average molecular weight is 421 g/mol. The lowest BCUT2D eigenvalue weighted by Gasteiger charge is -2.22. The van der Waals surface area contributed by atoms with Crippen molar-refractivity contribution in [3.05, 3.63) is 35.5 Å². The monoisotopic (exact) mass is 419 g/mol. The van der Waals surface area contributed by atoms with Gasteiger partial charge in [-0.15, -0.1) is 24.8 Å². The molecule has 0 spiro atoms. The van der Waals surface area contributed by atoms with Crippen molar-refractivity contribution in [3.63, 3.8) is 0 Å². The number of nitrogens with zero attached hydrogens (tertiary/aromatic N) is 1. The molecular weight excluding hydrogens is 397 g/mol. The second-order valence-electron chi connectivity index (χ2n) is 6.08. The third-order valence-corrected chi connectivity index (χ3v) is 4.64. The van der Waals surface area contributed by atoms with E-state index in [-0.39, 0.29) is 37.3 Å². The number of halogens is 3. The molecule has 26 heavy (non-hydrogen) atoms. The van der Waals surface area contributed by atoms with Crippen molar-refractivity contribution in [2.24, 2.45) is 5.92 Å². The van der Waals surface area contributed by atoms with Crippen LogP contribution in [-0.2, 0) is 4.79 Å². The molecule has 5 nitrogen and oxygen atoms in total. The Morgan fingerprint density at radius 3 is 2.96 bits per heavy atom. The number of ether oxygens (including phenoxy) is 1. The second-order valence-corrected chi connectivity index (χ2v) is 6.49. The highest BCUT2D eigenvalue weighted by Gasteiger charge is 2.13. The molecule has 1 unspecified atom stereocenters. The van der Waals surface area contributed by atoms with Gasteiger partial charge < -0.3 is 15.4 Å². The van der Waals surface area contributed by atoms with Gasteiger partial charge in [0.05, 0.1) is 5.02 Å². The first-order valence-electron chi connectivity index (χ1n) is 8.37. The first-order valence-corrected chi connectivity index (χ1v) is 8.75. The molecule has 2 aromatic rings. The molecule has 3 rings (SSSR count). The van der Waals surface area contributed by atoms with Crippen LogP contribution in [0.25, 0.3) is 10.9 Å². The van der Waals surface area contributed by atoms with Crippen molar-refractivity contribution in [1.29, 1.82) is 0 Å². The lowest BCUT2D eigenvalue weighted by molar-refractivity contribution is -0.123. The van der Waals surface area contributed by atoms with Crippen LogP contribution in [0.5, 0.6) is 5.75 Å². The van der Waals surface area contributed by atoms with Crippen molar-refractivity contribution >= 4 is 53.2 Å². The molecule has 1 aromatic heterocycles. The van der Waals surface area contributed by atoms with E-state index >= 15 is 0 Å². The first-order chi connectivity index (χ1) is 11.7. The number of carbonyl (C=O) groups is 1. The van der Waals surface area contributed by atoms with E-state index in [1.165, 1.54) is 12.8 Å². The number of hydrogen-bond acceptors (Lipinski definition) is 4. The van der Waals surface area contributed by atoms with E-state index in [4.69, 9.17) is 16.3 Å². The molecular formula is C18H24Cl3N3O2. The Balaban J connectivity index is 0.00000169. The maximum Gasteiger partial charge on any atom is 0.257 e. The number of nitrogens with one attached hydrogen (secondary N) is 2. The number of rotatable bonds is 6. The molecule has 0 saturated carbocycles. The number of piperidine rings is 1. The van der Waals surface area contributed by atoms with Crippen molar-refractivity contribution in [2.45, 2.75) is 19.3 Å². The highest BCUT2D eigenvalue weighted by atomic mass is 35.5. The zero-order valence-corrected chi connectivity index (χ0v) is 16.8. The summed E-state index contributed by atoms with van der Waals surface area (Å²) in [6, 6.07) is 7.22. The van der Waals surface area contributed by atoms with Crippen molar-refractivity contribution in [3.8, 4) is 5.75 Å². The van der Waals surface area contributed by atoms with Crippen LogP contribution in [0, 0.1) is 5.92 Å². The summed E-state index contributed by atoms with van der Waals surface area (Å²) < 4.78 is 5.63. The fourth-order valence-electron chi connectivity index (χ4n) is 3.01. The molecule has 1 aliphatic heterocycles. The number of hydrogen-bond donors (Lipinski definition) is 2. The number of fused-ring (bicyclic) bond motifs is 1. The molecule has 1 fully saturated rings. The van der Waals surface area contributed by atoms with E-state index < -0.39 is 0 Å². The Bertz CT molecular complexity index is 709. The standard InChI is InChI=1S/C18H22ClN3O2.2ClH/c19-15-5-6-16(18-14(15)4-2-9-22-18)24-12-17(23)21-10-7-13-3-1-8-20-11-13;;/h2,4-6,9,13,20H,1,3,7-8,10-12H2,(H,21,23);2*1H. The van der Waals surface area contributed by atoms with Crippen LogP contribution in [0.2, 0.25) is 5.02 Å². The molecule has 1 atom stereocenters. The van der Waals surface area contributed by atoms with E-state index in [1.54, 1.807) is 18.3 Å². The summed E-state index contributed by atoms with van der Waals surface area (Å²) in [5.41, 5.74) is 0.672. The third-order valence-electron chi connectivity index (χ3n) is 4.31. The lowest BCUT2D eigenvalue weighted by Crippen LogP contribution is -2.34. The Kier molecular flexibility index (Phi) is 10.0. The fourth-order valence-corrected chi connectivity index (χ4v) is 3.22. The zero-order valence-electron chi connectivity index (χ0n) is 14.4. The van der Waals surface area contributed by atoms with Gasteiger partial charge >= 0.3 is 0 Å². The minimum absolute atomic E-state index is 0. The highest BCUT2D eigenvalue weighted by Crippen LogP contribution is 2.29. The number of amides is 1. The Morgan fingerprint density at radius 2 is 2.19 bits per heavy atom. The molecule has 0 radical (unpaired) electrons. The van der Waals surface area contributed by atoms with Gasteiger partial charge in [-0.3, -0.25) is 9.78 Å². The molecule has 1 aromatic carbocycles. The van der Waals surface area contributed by atoms with Gasteiger partial charge in [0.25, 0.3) is 5.91 Å². The number of aromatic nitrogens is 1. The van der Waals surface area contributed by atoms with Crippen LogP contribution in [0.4, 0.5) is 0 Å². The zero-order chi connectivity index (χ0) is 16.8. The van der Waals surface area contributed by atoms with Gasteiger partial charge in [-0.25, -0.2) is 0 Å². The van der Waals surface area contributed by atoms with Crippen LogP contribution in [0.15, 0.2) is 30.5 Å². The van der Waals surface area contributed by atoms with Gasteiger partial charge in [-0.05, 0) is 62.5 Å². The van der Waals surface area contributed by atoms with E-state index in [0.29, 0.717) is 28.8 Å². The minimum atomic E-state index is -0.113. The predicted molar refractivity (Wildman–Crippen MR) is 110 cm³/mol. The summed E-state index contributed by atoms with van der Waals surface area (Å²) in [5.74, 6) is 1.11. The topological polar surface area (TPSA) is 63.2 Å². The van der Waals surface area contributed by atoms with Crippen LogP contribution in [-0.4, -0.2) is 37.1 Å². The Hall–Kier alpha value is -1.27. The molecule has 1 amide bonds. The van der Waals surface area contributed by atoms with Crippen molar-refractivity contribution < 1.29 is 9.53 Å². The van der Waals surface area contributed by atoms with E-state index in [2.05, 4.69) is 15.6 Å². The largest absolute Gasteiger partial charge is 0.481 e. The highest BCUT2D eigenvalue weighted by molar-refractivity contribution is 6.35. The molecule has 144 valence electrons. The van der Waals surface area contributed by atoms with Crippen LogP contribution in [0.1, 0.15) is 19.3 Å². The summed E-state index contributed by atoms with van der Waals surface area (Å²) in [5, 5.41) is 7.75. The summed E-state index contributed by atoms with van der Waals surface area (Å²) in [6.45, 7) is 2.83. The normalized spacial score (nSPS) is 16.3. The maximum atomic E-state index is 12.0. The SMILES string of the molecule is Cl.Cl.O=C(COc1ccc(Cl)c2cccnc12)NCCC1CCCNC1. The van der Waals surface area contributed by atoms with Crippen LogP contribution >= 0.6 is 36.4 Å². The van der Waals surface area contributed by atoms with Gasteiger partial charge in [0.2, 0.25) is 0 Å². The van der Waals surface area contributed by atoms with Gasteiger partial charge in [0, 0.05) is 18.1 Å². The number of benzene rings is 1. The fraction of sp³-hybridized carbons (Fsp3) is 0.444. The second kappa shape index (κ2) is 11.4. The number of carbonyl (C=O) groups excluding carboxylic acids is 1. The van der Waals surface area contributed by atoms with Crippen LogP contribution in [0.3, 0.4) is 0 Å².